The molecule has 18 heavy (non-hydrogen) atoms. The van der Waals surface area contributed by atoms with Crippen LogP contribution in [-0.4, -0.2) is 29.0 Å². The summed E-state index contributed by atoms with van der Waals surface area (Å²) in [6.45, 7) is 6.06. The van der Waals surface area contributed by atoms with E-state index >= 15 is 0 Å². The number of hydrogen-bond acceptors (Lipinski definition) is 3. The molecule has 1 N–H and O–H groups in total. The van der Waals surface area contributed by atoms with Crippen LogP contribution in [0.4, 0.5) is 0 Å². The van der Waals surface area contributed by atoms with Crippen molar-refractivity contribution in [2.24, 2.45) is 0 Å². The van der Waals surface area contributed by atoms with Gasteiger partial charge >= 0.3 is 0 Å². The molecule has 0 amide bonds. The van der Waals surface area contributed by atoms with Gasteiger partial charge in [0.15, 0.2) is 0 Å². The molecule has 1 saturated carbocycles. The Hall–Kier alpha value is -0.390. The number of likely N-dealkylation sites (N-methyl/N-ethyl adjacent to an activating group) is 1. The van der Waals surface area contributed by atoms with E-state index in [1.54, 1.807) is 0 Å². The monoisotopic (exact) mass is 315 g/mol. The molecule has 1 heterocycles. The van der Waals surface area contributed by atoms with Gasteiger partial charge in [-0.15, -0.1) is 0 Å². The first-order valence-electron chi connectivity index (χ1n) is 6.68. The highest BCUT2D eigenvalue weighted by Gasteiger charge is 2.46. The highest BCUT2D eigenvalue weighted by Crippen LogP contribution is 2.46. The van der Waals surface area contributed by atoms with Crippen LogP contribution in [0.3, 0.4) is 0 Å². The summed E-state index contributed by atoms with van der Waals surface area (Å²) in [6, 6.07) is 0.207. The second-order valence-electron chi connectivity index (χ2n) is 4.81. The highest BCUT2D eigenvalue weighted by molar-refractivity contribution is 9.10. The molecule has 4 nitrogen and oxygen atoms in total. The van der Waals surface area contributed by atoms with Crippen LogP contribution in [0.15, 0.2) is 10.7 Å². The van der Waals surface area contributed by atoms with Crippen molar-refractivity contribution in [3.05, 3.63) is 16.4 Å². The normalized spacial score (nSPS) is 19.6. The van der Waals surface area contributed by atoms with Gasteiger partial charge < -0.3 is 10.1 Å². The summed E-state index contributed by atoms with van der Waals surface area (Å²) >= 11 is 3.62. The van der Waals surface area contributed by atoms with Gasteiger partial charge in [-0.2, -0.15) is 5.10 Å². The molecule has 1 aromatic heterocycles. The summed E-state index contributed by atoms with van der Waals surface area (Å²) in [6.07, 6.45) is 5.35. The largest absolute Gasteiger partial charge is 0.376 e. The molecule has 1 atom stereocenters. The summed E-state index contributed by atoms with van der Waals surface area (Å²) in [7, 11) is 1.82. The van der Waals surface area contributed by atoms with Gasteiger partial charge in [-0.05, 0) is 48.7 Å². The maximum absolute atomic E-state index is 5.84. The second kappa shape index (κ2) is 5.72. The van der Waals surface area contributed by atoms with Crippen LogP contribution in [0.2, 0.25) is 0 Å². The molecule has 5 heteroatoms. The SMILES string of the molecule is CCNC(c1c(Br)cnn1CC)C1(OC)CCC1. The van der Waals surface area contributed by atoms with Crippen molar-refractivity contribution in [1.82, 2.24) is 15.1 Å². The summed E-state index contributed by atoms with van der Waals surface area (Å²) in [4.78, 5) is 0. The predicted octanol–water partition coefficient (Wildman–Crippen LogP) is 2.89. The molecular weight excluding hydrogens is 294 g/mol. The van der Waals surface area contributed by atoms with Gasteiger partial charge in [-0.1, -0.05) is 6.92 Å². The maximum atomic E-state index is 5.84. The van der Waals surface area contributed by atoms with Crippen molar-refractivity contribution in [3.63, 3.8) is 0 Å². The van der Waals surface area contributed by atoms with Gasteiger partial charge in [0.25, 0.3) is 0 Å². The lowest BCUT2D eigenvalue weighted by atomic mass is 9.73. The molecule has 0 radical (unpaired) electrons. The Kier molecular flexibility index (Phi) is 4.45. The molecule has 0 saturated heterocycles. The number of aryl methyl sites for hydroxylation is 1. The lowest BCUT2D eigenvalue weighted by Crippen LogP contribution is -2.51. The number of methoxy groups -OCH3 is 1. The minimum Gasteiger partial charge on any atom is -0.376 e. The van der Waals surface area contributed by atoms with E-state index in [2.05, 4.69) is 44.9 Å². The first-order chi connectivity index (χ1) is 8.68. The molecule has 1 fully saturated rings. The van der Waals surface area contributed by atoms with E-state index in [-0.39, 0.29) is 11.6 Å². The van der Waals surface area contributed by atoms with Crippen LogP contribution in [0.5, 0.6) is 0 Å². The Labute approximate surface area is 117 Å². The van der Waals surface area contributed by atoms with Gasteiger partial charge in [0.05, 0.1) is 28.0 Å². The fraction of sp³-hybridized carbons (Fsp3) is 0.769. The van der Waals surface area contributed by atoms with Crippen LogP contribution in [0.25, 0.3) is 0 Å². The van der Waals surface area contributed by atoms with Gasteiger partial charge in [0, 0.05) is 13.7 Å². The van der Waals surface area contributed by atoms with Gasteiger partial charge in [-0.3, -0.25) is 4.68 Å². The Morgan fingerprint density at radius 3 is 2.72 bits per heavy atom. The van der Waals surface area contributed by atoms with Crippen molar-refractivity contribution in [1.29, 1.82) is 0 Å². The Morgan fingerprint density at radius 2 is 2.28 bits per heavy atom. The van der Waals surface area contributed by atoms with Gasteiger partial charge in [-0.25, -0.2) is 0 Å². The summed E-state index contributed by atoms with van der Waals surface area (Å²) in [5.41, 5.74) is 1.15. The molecule has 0 aliphatic heterocycles. The number of hydrogen-bond donors (Lipinski definition) is 1. The lowest BCUT2D eigenvalue weighted by molar-refractivity contribution is -0.101. The van der Waals surface area contributed by atoms with E-state index in [4.69, 9.17) is 4.74 Å². The van der Waals surface area contributed by atoms with Gasteiger partial charge in [0.2, 0.25) is 0 Å². The third-order valence-electron chi connectivity index (χ3n) is 3.95. The Bertz CT molecular complexity index is 395. The first kappa shape index (κ1) is 14.0. The fourth-order valence-corrected chi connectivity index (χ4v) is 3.31. The van der Waals surface area contributed by atoms with E-state index < -0.39 is 0 Å². The van der Waals surface area contributed by atoms with Crippen LogP contribution < -0.4 is 5.32 Å². The van der Waals surface area contributed by atoms with E-state index in [0.717, 1.165) is 30.4 Å². The number of ether oxygens (including phenoxy) is 1. The quantitative estimate of drug-likeness (QED) is 0.877. The number of rotatable bonds is 6. The van der Waals surface area contributed by atoms with Crippen LogP contribution >= 0.6 is 15.9 Å². The summed E-state index contributed by atoms with van der Waals surface area (Å²) in [5, 5.41) is 8.00. The fourth-order valence-electron chi connectivity index (χ4n) is 2.78. The minimum absolute atomic E-state index is 0.0640. The standard InChI is InChI=1S/C13H22BrN3O/c1-4-15-12(13(18-3)7-6-8-13)11-10(14)9-16-17(11)5-2/h9,12,15H,4-8H2,1-3H3. The molecule has 0 aromatic carbocycles. The topological polar surface area (TPSA) is 39.1 Å². The van der Waals surface area contributed by atoms with Crippen molar-refractivity contribution in [2.75, 3.05) is 13.7 Å². The van der Waals surface area contributed by atoms with Crippen molar-refractivity contribution in [2.45, 2.75) is 51.3 Å². The summed E-state index contributed by atoms with van der Waals surface area (Å²) < 4.78 is 8.96. The first-order valence-corrected chi connectivity index (χ1v) is 7.47. The average Bonchev–Trinajstić information content (AvgIpc) is 2.68. The van der Waals surface area contributed by atoms with E-state index in [1.807, 2.05) is 13.3 Å². The number of aromatic nitrogens is 2. The molecule has 0 bridgehead atoms. The third kappa shape index (κ3) is 2.24. The smallest absolute Gasteiger partial charge is 0.0888 e. The molecule has 2 rings (SSSR count). The van der Waals surface area contributed by atoms with E-state index in [9.17, 15) is 0 Å². The molecular formula is C13H22BrN3O. The molecule has 1 aromatic rings. The van der Waals surface area contributed by atoms with E-state index in [0.29, 0.717) is 0 Å². The molecule has 1 aliphatic carbocycles. The van der Waals surface area contributed by atoms with Crippen LogP contribution in [0.1, 0.15) is 44.8 Å². The second-order valence-corrected chi connectivity index (χ2v) is 5.66. The lowest BCUT2D eigenvalue weighted by Gasteiger charge is -2.46. The van der Waals surface area contributed by atoms with Crippen LogP contribution in [-0.2, 0) is 11.3 Å². The number of halogens is 1. The number of nitrogens with one attached hydrogen (secondary N) is 1. The molecule has 0 spiro atoms. The molecule has 1 unspecified atom stereocenters. The van der Waals surface area contributed by atoms with Crippen LogP contribution in [0, 0.1) is 0 Å². The minimum atomic E-state index is -0.0640. The maximum Gasteiger partial charge on any atom is 0.0888 e. The third-order valence-corrected chi connectivity index (χ3v) is 4.56. The van der Waals surface area contributed by atoms with Crippen molar-refractivity contribution < 1.29 is 4.74 Å². The highest BCUT2D eigenvalue weighted by atomic mass is 79.9. The van der Waals surface area contributed by atoms with Crippen molar-refractivity contribution >= 4 is 15.9 Å². The zero-order valence-corrected chi connectivity index (χ0v) is 13.0. The zero-order valence-electron chi connectivity index (χ0n) is 11.4. The molecule has 102 valence electrons. The van der Waals surface area contributed by atoms with Crippen molar-refractivity contribution in [3.8, 4) is 0 Å². The van der Waals surface area contributed by atoms with Gasteiger partial charge in [0.1, 0.15) is 0 Å². The summed E-state index contributed by atoms with van der Waals surface area (Å²) in [5.74, 6) is 0. The molecule has 1 aliphatic rings. The van der Waals surface area contributed by atoms with E-state index in [1.165, 1.54) is 12.1 Å². The average molecular weight is 316 g/mol. The predicted molar refractivity (Wildman–Crippen MR) is 75.6 cm³/mol. The Morgan fingerprint density at radius 1 is 1.56 bits per heavy atom. The Balaban J connectivity index is 2.37. The zero-order chi connectivity index (χ0) is 13.2. The number of nitrogens with zero attached hydrogens (tertiary/aromatic N) is 2.